The van der Waals surface area contributed by atoms with E-state index in [1.165, 1.54) is 4.90 Å². The van der Waals surface area contributed by atoms with Crippen LogP contribution in [0, 0.1) is 0 Å². The molecule has 0 saturated carbocycles. The lowest BCUT2D eigenvalue weighted by Crippen LogP contribution is -2.67. The lowest BCUT2D eigenvalue weighted by Gasteiger charge is -2.45. The molecule has 1 N–H and O–H groups in total. The number of nitrogens with zero attached hydrogens (tertiary/aromatic N) is 3. The van der Waals surface area contributed by atoms with Gasteiger partial charge in [-0.1, -0.05) is 18.2 Å². The summed E-state index contributed by atoms with van der Waals surface area (Å²) in [5.41, 5.74) is 0.707. The quantitative estimate of drug-likeness (QED) is 0.805. The van der Waals surface area contributed by atoms with Gasteiger partial charge in [-0.2, -0.15) is 0 Å². The number of benzene rings is 1. The first kappa shape index (κ1) is 14.4. The Kier molecular flexibility index (Phi) is 3.70. The first-order chi connectivity index (χ1) is 10.6. The second-order valence-corrected chi connectivity index (χ2v) is 5.54. The molecular formula is C15H18N4O3. The molecule has 2 saturated heterocycles. The van der Waals surface area contributed by atoms with Crippen molar-refractivity contribution >= 4 is 23.5 Å². The van der Waals surface area contributed by atoms with Crippen molar-refractivity contribution in [3.05, 3.63) is 30.3 Å². The van der Waals surface area contributed by atoms with Crippen molar-refractivity contribution in [2.45, 2.75) is 6.04 Å². The first-order valence-corrected chi connectivity index (χ1v) is 7.21. The van der Waals surface area contributed by atoms with Gasteiger partial charge in [0.15, 0.2) is 0 Å². The SMILES string of the molecule is CN1CC(=O)N2CCN(C(=O)Nc3ccccc3)C[C@@H]2C1=O. The lowest BCUT2D eigenvalue weighted by atomic mass is 10.1. The minimum Gasteiger partial charge on any atom is -0.335 e. The van der Waals surface area contributed by atoms with Gasteiger partial charge >= 0.3 is 6.03 Å². The number of hydrogen-bond acceptors (Lipinski definition) is 3. The van der Waals surface area contributed by atoms with E-state index in [0.717, 1.165) is 0 Å². The molecule has 1 atom stereocenters. The third-order valence-corrected chi connectivity index (χ3v) is 4.05. The van der Waals surface area contributed by atoms with Crippen LogP contribution in [-0.2, 0) is 9.59 Å². The number of amides is 4. The van der Waals surface area contributed by atoms with Crippen LogP contribution in [0.3, 0.4) is 0 Å². The predicted octanol–water partition coefficient (Wildman–Crippen LogP) is 0.203. The number of carbonyl (C=O) groups is 3. The Morgan fingerprint density at radius 2 is 1.91 bits per heavy atom. The monoisotopic (exact) mass is 302 g/mol. The van der Waals surface area contributed by atoms with Gasteiger partial charge in [0.05, 0.1) is 13.1 Å². The van der Waals surface area contributed by atoms with Gasteiger partial charge in [0.1, 0.15) is 6.04 Å². The first-order valence-electron chi connectivity index (χ1n) is 7.21. The molecule has 2 fully saturated rings. The minimum absolute atomic E-state index is 0.0600. The fraction of sp³-hybridized carbons (Fsp3) is 0.400. The number of piperazine rings is 2. The maximum Gasteiger partial charge on any atom is 0.321 e. The van der Waals surface area contributed by atoms with Gasteiger partial charge < -0.3 is 20.0 Å². The molecule has 1 aromatic carbocycles. The summed E-state index contributed by atoms with van der Waals surface area (Å²) >= 11 is 0. The van der Waals surface area contributed by atoms with Crippen molar-refractivity contribution in [3.63, 3.8) is 0 Å². The average Bonchev–Trinajstić information content (AvgIpc) is 2.53. The fourth-order valence-electron chi connectivity index (χ4n) is 2.83. The summed E-state index contributed by atoms with van der Waals surface area (Å²) in [6, 6.07) is 8.34. The van der Waals surface area contributed by atoms with Crippen LogP contribution in [0.15, 0.2) is 30.3 Å². The molecule has 116 valence electrons. The summed E-state index contributed by atoms with van der Waals surface area (Å²) in [5, 5.41) is 2.80. The Bertz CT molecular complexity index is 604. The van der Waals surface area contributed by atoms with Gasteiger partial charge in [0.2, 0.25) is 11.8 Å². The number of hydrogen-bond donors (Lipinski definition) is 1. The Hall–Kier alpha value is -2.57. The average molecular weight is 302 g/mol. The van der Waals surface area contributed by atoms with E-state index in [1.807, 2.05) is 18.2 Å². The van der Waals surface area contributed by atoms with Crippen LogP contribution in [0.5, 0.6) is 0 Å². The molecule has 2 aliphatic rings. The summed E-state index contributed by atoms with van der Waals surface area (Å²) < 4.78 is 0. The topological polar surface area (TPSA) is 73.0 Å². The fourth-order valence-corrected chi connectivity index (χ4v) is 2.83. The van der Waals surface area contributed by atoms with Crippen molar-refractivity contribution in [1.29, 1.82) is 0 Å². The zero-order chi connectivity index (χ0) is 15.7. The van der Waals surface area contributed by atoms with Gasteiger partial charge in [0, 0.05) is 25.8 Å². The van der Waals surface area contributed by atoms with E-state index in [1.54, 1.807) is 29.0 Å². The van der Waals surface area contributed by atoms with E-state index in [2.05, 4.69) is 5.32 Å². The van der Waals surface area contributed by atoms with Gasteiger partial charge in [-0.25, -0.2) is 4.79 Å². The second-order valence-electron chi connectivity index (χ2n) is 5.54. The van der Waals surface area contributed by atoms with E-state index >= 15 is 0 Å². The number of urea groups is 1. The van der Waals surface area contributed by atoms with Gasteiger partial charge in [-0.3, -0.25) is 9.59 Å². The van der Waals surface area contributed by atoms with Crippen molar-refractivity contribution in [3.8, 4) is 0 Å². The number of nitrogens with one attached hydrogen (secondary N) is 1. The molecule has 7 heteroatoms. The molecule has 0 aromatic heterocycles. The van der Waals surface area contributed by atoms with E-state index < -0.39 is 6.04 Å². The van der Waals surface area contributed by atoms with Gasteiger partial charge in [-0.15, -0.1) is 0 Å². The summed E-state index contributed by atoms with van der Waals surface area (Å²) in [6.07, 6.45) is 0. The highest BCUT2D eigenvalue weighted by molar-refractivity contribution is 5.96. The number of para-hydroxylation sites is 1. The highest BCUT2D eigenvalue weighted by Crippen LogP contribution is 2.18. The largest absolute Gasteiger partial charge is 0.335 e. The number of likely N-dealkylation sites (N-methyl/N-ethyl adjacent to an activating group) is 1. The predicted molar refractivity (Wildman–Crippen MR) is 80.2 cm³/mol. The lowest BCUT2D eigenvalue weighted by molar-refractivity contribution is -0.157. The molecule has 2 heterocycles. The molecule has 0 spiro atoms. The number of carbonyl (C=O) groups excluding carboxylic acids is 3. The summed E-state index contributed by atoms with van der Waals surface area (Å²) in [4.78, 5) is 41.0. The van der Waals surface area contributed by atoms with Crippen LogP contribution in [0.25, 0.3) is 0 Å². The standard InChI is InChI=1S/C15H18N4O3/c1-17-10-13(20)19-8-7-18(9-12(19)14(17)21)15(22)16-11-5-3-2-4-6-11/h2-6,12H,7-10H2,1H3,(H,16,22)/t12-/m1/s1. The van der Waals surface area contributed by atoms with Crippen LogP contribution in [0.1, 0.15) is 0 Å². The van der Waals surface area contributed by atoms with E-state index in [9.17, 15) is 14.4 Å². The zero-order valence-corrected chi connectivity index (χ0v) is 12.4. The van der Waals surface area contributed by atoms with E-state index in [0.29, 0.717) is 18.8 Å². The Balaban J connectivity index is 1.68. The Labute approximate surface area is 128 Å². The van der Waals surface area contributed by atoms with Crippen LogP contribution in [0.4, 0.5) is 10.5 Å². The van der Waals surface area contributed by atoms with Gasteiger partial charge in [0.25, 0.3) is 0 Å². The molecule has 0 bridgehead atoms. The summed E-state index contributed by atoms with van der Waals surface area (Å²) in [6.45, 7) is 1.17. The van der Waals surface area contributed by atoms with Crippen LogP contribution in [0.2, 0.25) is 0 Å². The van der Waals surface area contributed by atoms with Crippen LogP contribution < -0.4 is 5.32 Å². The number of fused-ring (bicyclic) bond motifs is 1. The maximum atomic E-state index is 12.3. The third-order valence-electron chi connectivity index (χ3n) is 4.05. The molecule has 2 aliphatic heterocycles. The number of rotatable bonds is 1. The molecule has 0 aliphatic carbocycles. The number of anilines is 1. The van der Waals surface area contributed by atoms with Crippen molar-refractivity contribution in [2.75, 3.05) is 38.5 Å². The summed E-state index contributed by atoms with van der Waals surface area (Å²) in [5.74, 6) is -0.174. The van der Waals surface area contributed by atoms with Crippen molar-refractivity contribution in [2.24, 2.45) is 0 Å². The minimum atomic E-state index is -0.568. The van der Waals surface area contributed by atoms with Crippen LogP contribution >= 0.6 is 0 Å². The molecule has 0 radical (unpaired) electrons. The normalized spacial score (nSPS) is 21.7. The highest BCUT2D eigenvalue weighted by atomic mass is 16.2. The molecule has 7 nitrogen and oxygen atoms in total. The molecule has 22 heavy (non-hydrogen) atoms. The van der Waals surface area contributed by atoms with E-state index in [-0.39, 0.29) is 30.9 Å². The Morgan fingerprint density at radius 1 is 1.18 bits per heavy atom. The highest BCUT2D eigenvalue weighted by Gasteiger charge is 2.42. The molecule has 0 unspecified atom stereocenters. The van der Waals surface area contributed by atoms with E-state index in [4.69, 9.17) is 0 Å². The zero-order valence-electron chi connectivity index (χ0n) is 12.4. The smallest absolute Gasteiger partial charge is 0.321 e. The second kappa shape index (κ2) is 5.67. The Morgan fingerprint density at radius 3 is 2.64 bits per heavy atom. The maximum absolute atomic E-state index is 12.3. The summed E-state index contributed by atoms with van der Waals surface area (Å²) in [7, 11) is 1.61. The molecule has 1 aromatic rings. The molecular weight excluding hydrogens is 284 g/mol. The molecule has 4 amide bonds. The molecule has 3 rings (SSSR count). The third kappa shape index (κ3) is 2.61. The van der Waals surface area contributed by atoms with Crippen LogP contribution in [-0.4, -0.2) is 71.8 Å². The van der Waals surface area contributed by atoms with Gasteiger partial charge in [-0.05, 0) is 12.1 Å². The van der Waals surface area contributed by atoms with Crippen molar-refractivity contribution in [1.82, 2.24) is 14.7 Å². The van der Waals surface area contributed by atoms with Crippen molar-refractivity contribution < 1.29 is 14.4 Å².